The van der Waals surface area contributed by atoms with Gasteiger partial charge in [0.1, 0.15) is 0 Å². The van der Waals surface area contributed by atoms with E-state index in [2.05, 4.69) is 10.6 Å². The summed E-state index contributed by atoms with van der Waals surface area (Å²) in [6.07, 6.45) is -0.141. The van der Waals surface area contributed by atoms with Crippen molar-refractivity contribution in [3.8, 4) is 0 Å². The first-order valence-corrected chi connectivity index (χ1v) is 6.18. The van der Waals surface area contributed by atoms with E-state index in [4.69, 9.17) is 16.7 Å². The van der Waals surface area contributed by atoms with Crippen LogP contribution in [0.3, 0.4) is 0 Å². The smallest absolute Gasteiger partial charge is 0.315 e. The fourth-order valence-corrected chi connectivity index (χ4v) is 1.82. The quantitative estimate of drug-likeness (QED) is 0.777. The highest BCUT2D eigenvalue weighted by molar-refractivity contribution is 6.30. The third kappa shape index (κ3) is 6.10. The third-order valence-corrected chi connectivity index (χ3v) is 2.62. The van der Waals surface area contributed by atoms with Gasteiger partial charge in [0.2, 0.25) is 0 Å². The molecule has 0 unspecified atom stereocenters. The van der Waals surface area contributed by atoms with E-state index in [0.717, 1.165) is 5.56 Å². The van der Waals surface area contributed by atoms with Crippen LogP contribution in [0.2, 0.25) is 5.02 Å². The lowest BCUT2D eigenvalue weighted by Gasteiger charge is -2.24. The van der Waals surface area contributed by atoms with Crippen LogP contribution in [0.1, 0.15) is 25.8 Å². The van der Waals surface area contributed by atoms with Crippen LogP contribution in [-0.2, 0) is 11.3 Å². The van der Waals surface area contributed by atoms with Gasteiger partial charge in [-0.2, -0.15) is 0 Å². The first kappa shape index (κ1) is 15.3. The Morgan fingerprint density at radius 3 is 2.63 bits per heavy atom. The number of aliphatic carboxylic acids is 1. The van der Waals surface area contributed by atoms with Crippen molar-refractivity contribution in [1.82, 2.24) is 10.6 Å². The van der Waals surface area contributed by atoms with Crippen molar-refractivity contribution in [2.45, 2.75) is 32.4 Å². The summed E-state index contributed by atoms with van der Waals surface area (Å²) in [7, 11) is 0. The Kier molecular flexibility index (Phi) is 5.18. The van der Waals surface area contributed by atoms with Crippen molar-refractivity contribution < 1.29 is 14.7 Å². The number of carboxylic acids is 1. The van der Waals surface area contributed by atoms with Gasteiger partial charge in [0.25, 0.3) is 0 Å². The van der Waals surface area contributed by atoms with Crippen LogP contribution in [0.25, 0.3) is 0 Å². The average Bonchev–Trinajstić information content (AvgIpc) is 2.24. The molecule has 0 aliphatic heterocycles. The molecule has 0 saturated heterocycles. The first-order chi connectivity index (χ1) is 8.78. The number of amides is 2. The molecule has 0 radical (unpaired) electrons. The van der Waals surface area contributed by atoms with Gasteiger partial charge in [-0.1, -0.05) is 23.7 Å². The number of benzene rings is 1. The number of carbonyl (C=O) groups excluding carboxylic acids is 1. The summed E-state index contributed by atoms with van der Waals surface area (Å²) < 4.78 is 0. The Morgan fingerprint density at radius 2 is 2.05 bits per heavy atom. The van der Waals surface area contributed by atoms with Gasteiger partial charge < -0.3 is 15.7 Å². The number of nitrogens with one attached hydrogen (secondary N) is 2. The molecule has 19 heavy (non-hydrogen) atoms. The van der Waals surface area contributed by atoms with E-state index >= 15 is 0 Å². The molecule has 0 fully saturated rings. The molecule has 0 heterocycles. The summed E-state index contributed by atoms with van der Waals surface area (Å²) in [5.41, 5.74) is 0.0724. The van der Waals surface area contributed by atoms with Gasteiger partial charge in [-0.3, -0.25) is 4.79 Å². The van der Waals surface area contributed by atoms with Gasteiger partial charge in [-0.15, -0.1) is 0 Å². The van der Waals surface area contributed by atoms with Crippen LogP contribution in [0.4, 0.5) is 4.79 Å². The molecule has 0 aliphatic carbocycles. The zero-order valence-corrected chi connectivity index (χ0v) is 11.6. The van der Waals surface area contributed by atoms with Gasteiger partial charge >= 0.3 is 12.0 Å². The normalized spacial score (nSPS) is 10.9. The van der Waals surface area contributed by atoms with Crippen molar-refractivity contribution in [3.05, 3.63) is 34.9 Å². The standard InChI is InChI=1S/C13H17ClN2O3/c1-13(2,7-11(17)18)16-12(19)15-8-9-4-3-5-10(14)6-9/h3-6H,7-8H2,1-2H3,(H,17,18)(H2,15,16,19). The molecule has 0 saturated carbocycles. The van der Waals surface area contributed by atoms with E-state index in [1.54, 1.807) is 32.0 Å². The Morgan fingerprint density at radius 1 is 1.37 bits per heavy atom. The summed E-state index contributed by atoms with van der Waals surface area (Å²) in [5, 5.41) is 14.6. The summed E-state index contributed by atoms with van der Waals surface area (Å²) >= 11 is 5.83. The van der Waals surface area contributed by atoms with Gasteiger partial charge in [0, 0.05) is 17.1 Å². The molecule has 104 valence electrons. The highest BCUT2D eigenvalue weighted by Gasteiger charge is 2.23. The van der Waals surface area contributed by atoms with Crippen molar-refractivity contribution in [2.75, 3.05) is 0 Å². The van der Waals surface area contributed by atoms with Crippen molar-refractivity contribution in [1.29, 1.82) is 0 Å². The number of urea groups is 1. The fourth-order valence-electron chi connectivity index (χ4n) is 1.60. The van der Waals surface area contributed by atoms with Gasteiger partial charge in [-0.25, -0.2) is 4.79 Å². The molecule has 1 rings (SSSR count). The lowest BCUT2D eigenvalue weighted by Crippen LogP contribution is -2.49. The maximum Gasteiger partial charge on any atom is 0.315 e. The van der Waals surface area contributed by atoms with E-state index in [1.165, 1.54) is 0 Å². The Balaban J connectivity index is 2.46. The summed E-state index contributed by atoms with van der Waals surface area (Å²) in [5.74, 6) is -0.958. The van der Waals surface area contributed by atoms with Crippen LogP contribution >= 0.6 is 11.6 Å². The summed E-state index contributed by atoms with van der Waals surface area (Å²) in [4.78, 5) is 22.3. The lowest BCUT2D eigenvalue weighted by atomic mass is 10.0. The second-order valence-electron chi connectivity index (χ2n) is 4.89. The number of hydrogen-bond donors (Lipinski definition) is 3. The molecule has 0 aromatic heterocycles. The van der Waals surface area contributed by atoms with Crippen LogP contribution in [0, 0.1) is 0 Å². The average molecular weight is 285 g/mol. The Hall–Kier alpha value is -1.75. The zero-order chi connectivity index (χ0) is 14.5. The molecule has 1 aromatic carbocycles. The Bertz CT molecular complexity index is 475. The minimum atomic E-state index is -0.958. The minimum Gasteiger partial charge on any atom is -0.481 e. The highest BCUT2D eigenvalue weighted by Crippen LogP contribution is 2.11. The first-order valence-electron chi connectivity index (χ1n) is 5.81. The van der Waals surface area contributed by atoms with E-state index in [0.29, 0.717) is 11.6 Å². The molecular weight excluding hydrogens is 268 g/mol. The monoisotopic (exact) mass is 284 g/mol. The molecule has 0 atom stereocenters. The topological polar surface area (TPSA) is 78.4 Å². The predicted octanol–water partition coefficient (Wildman–Crippen LogP) is 2.39. The SMILES string of the molecule is CC(C)(CC(=O)O)NC(=O)NCc1cccc(Cl)c1. The number of hydrogen-bond acceptors (Lipinski definition) is 2. The molecular formula is C13H17ClN2O3. The zero-order valence-electron chi connectivity index (χ0n) is 10.9. The second kappa shape index (κ2) is 6.43. The molecule has 0 spiro atoms. The predicted molar refractivity (Wildman–Crippen MR) is 73.2 cm³/mol. The fraction of sp³-hybridized carbons (Fsp3) is 0.385. The molecule has 0 aliphatic rings. The van der Waals surface area contributed by atoms with Gasteiger partial charge in [0.05, 0.1) is 6.42 Å². The minimum absolute atomic E-state index is 0.141. The Labute approximate surface area is 117 Å². The summed E-state index contributed by atoms with van der Waals surface area (Å²) in [6, 6.07) is 6.73. The largest absolute Gasteiger partial charge is 0.481 e. The molecule has 3 N–H and O–H groups in total. The van der Waals surface area contributed by atoms with Crippen molar-refractivity contribution >= 4 is 23.6 Å². The van der Waals surface area contributed by atoms with E-state index in [-0.39, 0.29) is 6.42 Å². The summed E-state index contributed by atoms with van der Waals surface area (Å²) in [6.45, 7) is 3.63. The van der Waals surface area contributed by atoms with E-state index in [9.17, 15) is 9.59 Å². The molecule has 0 bridgehead atoms. The van der Waals surface area contributed by atoms with Crippen LogP contribution in [-0.4, -0.2) is 22.6 Å². The van der Waals surface area contributed by atoms with E-state index in [1.807, 2.05) is 6.07 Å². The maximum absolute atomic E-state index is 11.7. The number of carboxylic acid groups (broad SMARTS) is 1. The molecule has 1 aromatic rings. The lowest BCUT2D eigenvalue weighted by molar-refractivity contribution is -0.138. The molecule has 6 heteroatoms. The number of rotatable bonds is 5. The van der Waals surface area contributed by atoms with Gasteiger partial charge in [-0.05, 0) is 31.5 Å². The van der Waals surface area contributed by atoms with Crippen LogP contribution < -0.4 is 10.6 Å². The number of carbonyl (C=O) groups is 2. The highest BCUT2D eigenvalue weighted by atomic mass is 35.5. The van der Waals surface area contributed by atoms with Crippen molar-refractivity contribution in [3.63, 3.8) is 0 Å². The van der Waals surface area contributed by atoms with E-state index < -0.39 is 17.5 Å². The van der Waals surface area contributed by atoms with Crippen LogP contribution in [0.15, 0.2) is 24.3 Å². The van der Waals surface area contributed by atoms with Crippen molar-refractivity contribution in [2.24, 2.45) is 0 Å². The molecule has 2 amide bonds. The molecule has 5 nitrogen and oxygen atoms in total. The second-order valence-corrected chi connectivity index (χ2v) is 5.33. The number of halogens is 1. The third-order valence-electron chi connectivity index (χ3n) is 2.39. The van der Waals surface area contributed by atoms with Gasteiger partial charge in [0.15, 0.2) is 0 Å². The van der Waals surface area contributed by atoms with Crippen LogP contribution in [0.5, 0.6) is 0 Å². The maximum atomic E-state index is 11.7.